The number of hydrazone groups is 1. The van der Waals surface area contributed by atoms with E-state index in [4.69, 9.17) is 5.11 Å². The lowest BCUT2D eigenvalue weighted by Gasteiger charge is -2.07. The van der Waals surface area contributed by atoms with Crippen molar-refractivity contribution in [1.29, 1.82) is 0 Å². The number of benzene rings is 2. The lowest BCUT2D eigenvalue weighted by Crippen LogP contribution is -2.20. The Morgan fingerprint density at radius 2 is 1.94 bits per heavy atom. The SMILES string of the molecule is Cc1ccc(/C=N/NC(=O)c2ccsc2NC(=O)c2cccc(CSCCCO)c2)cc1. The monoisotopic (exact) mass is 467 g/mol. The molecule has 3 rings (SSSR count). The van der Waals surface area contributed by atoms with Crippen molar-refractivity contribution in [3.8, 4) is 0 Å². The van der Waals surface area contributed by atoms with Crippen LogP contribution in [0.3, 0.4) is 0 Å². The Hall–Kier alpha value is -2.94. The van der Waals surface area contributed by atoms with E-state index in [1.54, 1.807) is 35.5 Å². The van der Waals surface area contributed by atoms with Crippen LogP contribution >= 0.6 is 23.1 Å². The van der Waals surface area contributed by atoms with Gasteiger partial charge in [0.05, 0.1) is 11.8 Å². The number of nitrogens with one attached hydrogen (secondary N) is 2. The van der Waals surface area contributed by atoms with Crippen molar-refractivity contribution in [3.05, 3.63) is 87.8 Å². The largest absolute Gasteiger partial charge is 0.396 e. The fraction of sp³-hybridized carbons (Fsp3) is 0.208. The number of carbonyl (C=O) groups excluding carboxylic acids is 2. The van der Waals surface area contributed by atoms with Gasteiger partial charge in [0.15, 0.2) is 0 Å². The van der Waals surface area contributed by atoms with Crippen molar-refractivity contribution in [2.75, 3.05) is 17.7 Å². The van der Waals surface area contributed by atoms with Crippen molar-refractivity contribution in [3.63, 3.8) is 0 Å². The molecule has 0 aliphatic heterocycles. The molecule has 6 nitrogen and oxygen atoms in total. The number of aliphatic hydroxyl groups excluding tert-OH is 1. The summed E-state index contributed by atoms with van der Waals surface area (Å²) in [5.41, 5.74) is 6.47. The number of nitrogens with zero attached hydrogens (tertiary/aromatic N) is 1. The summed E-state index contributed by atoms with van der Waals surface area (Å²) in [5.74, 6) is 0.977. The van der Waals surface area contributed by atoms with E-state index in [1.165, 1.54) is 11.3 Å². The number of amides is 2. The summed E-state index contributed by atoms with van der Waals surface area (Å²) in [6, 6.07) is 16.8. The quantitative estimate of drug-likeness (QED) is 0.229. The van der Waals surface area contributed by atoms with Gasteiger partial charge in [-0.15, -0.1) is 11.3 Å². The van der Waals surface area contributed by atoms with Gasteiger partial charge in [-0.2, -0.15) is 16.9 Å². The molecule has 3 aromatic rings. The average molecular weight is 468 g/mol. The topological polar surface area (TPSA) is 90.8 Å². The Morgan fingerprint density at radius 1 is 1.12 bits per heavy atom. The van der Waals surface area contributed by atoms with Gasteiger partial charge in [-0.05, 0) is 53.8 Å². The Labute approximate surface area is 195 Å². The first-order valence-electron chi connectivity index (χ1n) is 10.1. The van der Waals surface area contributed by atoms with Crippen molar-refractivity contribution in [1.82, 2.24) is 5.43 Å². The third-order valence-corrected chi connectivity index (χ3v) is 6.44. The van der Waals surface area contributed by atoms with Gasteiger partial charge in [0, 0.05) is 17.9 Å². The molecule has 0 atom stereocenters. The molecule has 0 saturated carbocycles. The first-order valence-corrected chi connectivity index (χ1v) is 12.2. The van der Waals surface area contributed by atoms with Crippen LogP contribution in [0.4, 0.5) is 5.00 Å². The molecule has 0 aliphatic rings. The minimum atomic E-state index is -0.390. The number of hydrogen-bond donors (Lipinski definition) is 3. The van der Waals surface area contributed by atoms with Crippen molar-refractivity contribution >= 4 is 46.1 Å². The van der Waals surface area contributed by atoms with Gasteiger partial charge in [0.2, 0.25) is 0 Å². The van der Waals surface area contributed by atoms with Gasteiger partial charge < -0.3 is 10.4 Å². The minimum Gasteiger partial charge on any atom is -0.396 e. The highest BCUT2D eigenvalue weighted by molar-refractivity contribution is 7.98. The Kier molecular flexibility index (Phi) is 9.03. The first-order chi connectivity index (χ1) is 15.6. The van der Waals surface area contributed by atoms with E-state index in [2.05, 4.69) is 15.8 Å². The predicted octanol–water partition coefficient (Wildman–Crippen LogP) is 4.69. The molecule has 8 heteroatoms. The maximum Gasteiger partial charge on any atom is 0.274 e. The van der Waals surface area contributed by atoms with Gasteiger partial charge in [-0.3, -0.25) is 9.59 Å². The third-order valence-electron chi connectivity index (χ3n) is 4.50. The Morgan fingerprint density at radius 3 is 2.72 bits per heavy atom. The van der Waals surface area contributed by atoms with Crippen LogP contribution in [-0.4, -0.2) is 35.5 Å². The Balaban J connectivity index is 1.59. The number of thioether (sulfide) groups is 1. The highest BCUT2D eigenvalue weighted by Gasteiger charge is 2.16. The zero-order valence-corrected chi connectivity index (χ0v) is 19.3. The van der Waals surface area contributed by atoms with E-state index in [1.807, 2.05) is 49.4 Å². The lowest BCUT2D eigenvalue weighted by molar-refractivity contribution is 0.0956. The van der Waals surface area contributed by atoms with E-state index >= 15 is 0 Å². The number of carbonyl (C=O) groups is 2. The molecule has 0 spiro atoms. The summed E-state index contributed by atoms with van der Waals surface area (Å²) in [6.07, 6.45) is 2.33. The van der Waals surface area contributed by atoms with Crippen LogP contribution in [0.1, 0.15) is 43.8 Å². The van der Waals surface area contributed by atoms with Crippen LogP contribution in [0.25, 0.3) is 0 Å². The van der Waals surface area contributed by atoms with Crippen molar-refractivity contribution in [2.24, 2.45) is 5.10 Å². The van der Waals surface area contributed by atoms with E-state index in [0.717, 1.165) is 34.6 Å². The van der Waals surface area contributed by atoms with Crippen molar-refractivity contribution < 1.29 is 14.7 Å². The number of anilines is 1. The molecule has 0 unspecified atom stereocenters. The van der Waals surface area contributed by atoms with Crippen LogP contribution in [0, 0.1) is 6.92 Å². The third kappa shape index (κ3) is 7.05. The number of aliphatic hydroxyl groups is 1. The van der Waals surface area contributed by atoms with E-state index < -0.39 is 0 Å². The zero-order chi connectivity index (χ0) is 22.8. The second-order valence-electron chi connectivity index (χ2n) is 7.06. The molecule has 2 amide bonds. The molecule has 32 heavy (non-hydrogen) atoms. The molecule has 1 aromatic heterocycles. The van der Waals surface area contributed by atoms with Crippen LogP contribution in [-0.2, 0) is 5.75 Å². The standard InChI is InChI=1S/C24H25N3O3S2/c1-17-6-8-18(9-7-17)15-25-27-23(30)21-10-13-32-24(21)26-22(29)20-5-2-4-19(14-20)16-31-12-3-11-28/h2,4-10,13-15,28H,3,11-12,16H2,1H3,(H,26,29)(H,27,30)/b25-15+. The fourth-order valence-electron chi connectivity index (χ4n) is 2.80. The van der Waals surface area contributed by atoms with Gasteiger partial charge in [0.1, 0.15) is 5.00 Å². The molecule has 166 valence electrons. The summed E-state index contributed by atoms with van der Waals surface area (Å²) in [7, 11) is 0. The fourth-order valence-corrected chi connectivity index (χ4v) is 4.47. The summed E-state index contributed by atoms with van der Waals surface area (Å²) in [6.45, 7) is 2.19. The maximum absolute atomic E-state index is 12.7. The van der Waals surface area contributed by atoms with Crippen molar-refractivity contribution in [2.45, 2.75) is 19.1 Å². The predicted molar refractivity (Wildman–Crippen MR) is 133 cm³/mol. The molecule has 1 heterocycles. The number of thiophene rings is 1. The van der Waals surface area contributed by atoms with Crippen LogP contribution in [0.15, 0.2) is 65.1 Å². The van der Waals surface area contributed by atoms with Crippen LogP contribution in [0.5, 0.6) is 0 Å². The van der Waals surface area contributed by atoms with Gasteiger partial charge in [0.25, 0.3) is 11.8 Å². The highest BCUT2D eigenvalue weighted by atomic mass is 32.2. The Bertz CT molecular complexity index is 1080. The van der Waals surface area contributed by atoms with Gasteiger partial charge >= 0.3 is 0 Å². The molecule has 0 radical (unpaired) electrons. The normalized spacial score (nSPS) is 10.9. The highest BCUT2D eigenvalue weighted by Crippen LogP contribution is 2.24. The van der Waals surface area contributed by atoms with E-state index in [0.29, 0.717) is 16.1 Å². The van der Waals surface area contributed by atoms with Crippen LogP contribution in [0.2, 0.25) is 0 Å². The lowest BCUT2D eigenvalue weighted by atomic mass is 10.1. The number of aryl methyl sites for hydroxylation is 1. The number of hydrogen-bond acceptors (Lipinski definition) is 6. The summed E-state index contributed by atoms with van der Waals surface area (Å²) < 4.78 is 0. The van der Waals surface area contributed by atoms with E-state index in [-0.39, 0.29) is 18.4 Å². The first kappa shape index (κ1) is 23.7. The zero-order valence-electron chi connectivity index (χ0n) is 17.7. The van der Waals surface area contributed by atoms with Gasteiger partial charge in [-0.25, -0.2) is 5.43 Å². The smallest absolute Gasteiger partial charge is 0.274 e. The molecular weight excluding hydrogens is 442 g/mol. The average Bonchev–Trinajstić information content (AvgIpc) is 3.26. The second kappa shape index (κ2) is 12.2. The molecule has 0 fully saturated rings. The summed E-state index contributed by atoms with van der Waals surface area (Å²) in [5, 5.41) is 17.9. The van der Waals surface area contributed by atoms with Gasteiger partial charge in [-0.1, -0.05) is 42.0 Å². The van der Waals surface area contributed by atoms with Crippen LogP contribution < -0.4 is 10.7 Å². The molecule has 2 aromatic carbocycles. The molecular formula is C24H25N3O3S2. The summed E-state index contributed by atoms with van der Waals surface area (Å²) >= 11 is 3.00. The maximum atomic E-state index is 12.7. The molecule has 3 N–H and O–H groups in total. The van der Waals surface area contributed by atoms with E-state index in [9.17, 15) is 9.59 Å². The molecule has 0 aliphatic carbocycles. The number of rotatable bonds is 10. The second-order valence-corrected chi connectivity index (χ2v) is 9.08. The minimum absolute atomic E-state index is 0.184. The molecule has 0 saturated heterocycles. The summed E-state index contributed by atoms with van der Waals surface area (Å²) in [4.78, 5) is 25.3. The molecule has 0 bridgehead atoms.